The largest absolute Gasteiger partial charge is 0.323 e. The van der Waals surface area contributed by atoms with Gasteiger partial charge in [0.2, 0.25) is 5.91 Å². The minimum Gasteiger partial charge on any atom is -0.323 e. The van der Waals surface area contributed by atoms with Crippen LogP contribution in [0, 0.1) is 5.92 Å². The van der Waals surface area contributed by atoms with Crippen molar-refractivity contribution in [1.82, 2.24) is 9.97 Å². The summed E-state index contributed by atoms with van der Waals surface area (Å²) >= 11 is 0. The van der Waals surface area contributed by atoms with Crippen LogP contribution in [0.15, 0.2) is 42.7 Å². The maximum atomic E-state index is 11.7. The van der Waals surface area contributed by atoms with Crippen molar-refractivity contribution in [2.24, 2.45) is 5.92 Å². The molecule has 1 N–H and O–H groups in total. The Labute approximate surface area is 112 Å². The quantitative estimate of drug-likeness (QED) is 0.913. The molecule has 0 spiro atoms. The van der Waals surface area contributed by atoms with Crippen LogP contribution in [0.3, 0.4) is 0 Å². The summed E-state index contributed by atoms with van der Waals surface area (Å²) in [5.74, 6) is 0.648. The molecule has 1 amide bonds. The zero-order valence-electron chi connectivity index (χ0n) is 11.1. The molecule has 0 aliphatic heterocycles. The normalized spacial score (nSPS) is 11.9. The van der Waals surface area contributed by atoms with Gasteiger partial charge in [0.25, 0.3) is 0 Å². The first kappa shape index (κ1) is 13.2. The molecule has 1 aromatic heterocycles. The molecule has 4 nitrogen and oxygen atoms in total. The number of aromatic nitrogens is 2. The molecule has 98 valence electrons. The zero-order chi connectivity index (χ0) is 13.7. The van der Waals surface area contributed by atoms with Gasteiger partial charge in [-0.3, -0.25) is 4.79 Å². The Bertz CT molecular complexity index is 537. The van der Waals surface area contributed by atoms with Crippen LogP contribution < -0.4 is 5.32 Å². The predicted octanol–water partition coefficient (Wildman–Crippen LogP) is 3.13. The Hall–Kier alpha value is -2.23. The number of nitrogens with one attached hydrogen (secondary N) is 1. The molecule has 0 aliphatic rings. The van der Waals surface area contributed by atoms with E-state index in [1.54, 1.807) is 12.4 Å². The molecule has 1 aromatic carbocycles. The van der Waals surface area contributed by atoms with Crippen LogP contribution in [-0.4, -0.2) is 15.9 Å². The van der Waals surface area contributed by atoms with Gasteiger partial charge >= 0.3 is 0 Å². The number of benzene rings is 1. The van der Waals surface area contributed by atoms with Crippen molar-refractivity contribution in [1.29, 1.82) is 0 Å². The Morgan fingerprint density at radius 1 is 1.21 bits per heavy atom. The van der Waals surface area contributed by atoms with Gasteiger partial charge in [-0.1, -0.05) is 44.2 Å². The maximum Gasteiger partial charge on any atom is 0.227 e. The molecular weight excluding hydrogens is 238 g/mol. The summed E-state index contributed by atoms with van der Waals surface area (Å²) < 4.78 is 0. The van der Waals surface area contributed by atoms with E-state index in [1.807, 2.05) is 44.2 Å². The molecule has 2 rings (SSSR count). The third-order valence-corrected chi connectivity index (χ3v) is 3.01. The Balaban J connectivity index is 2.09. The summed E-state index contributed by atoms with van der Waals surface area (Å²) in [6.45, 7) is 3.88. The van der Waals surface area contributed by atoms with Crippen LogP contribution >= 0.6 is 0 Å². The maximum absolute atomic E-state index is 11.7. The van der Waals surface area contributed by atoms with Crippen LogP contribution in [-0.2, 0) is 4.79 Å². The van der Waals surface area contributed by atoms with E-state index in [0.717, 1.165) is 12.0 Å². The third kappa shape index (κ3) is 3.37. The highest BCUT2D eigenvalue weighted by molar-refractivity contribution is 5.91. The SMILES string of the molecule is CCC(C)C(=O)Nc1cnc(-c2ccccc2)nc1. The van der Waals surface area contributed by atoms with Gasteiger partial charge in [0.05, 0.1) is 18.1 Å². The van der Waals surface area contributed by atoms with E-state index in [1.165, 1.54) is 0 Å². The van der Waals surface area contributed by atoms with E-state index in [0.29, 0.717) is 11.5 Å². The number of nitrogens with zero attached hydrogens (tertiary/aromatic N) is 2. The lowest BCUT2D eigenvalue weighted by Gasteiger charge is -2.09. The number of amides is 1. The van der Waals surface area contributed by atoms with Crippen LogP contribution in [0.25, 0.3) is 11.4 Å². The third-order valence-electron chi connectivity index (χ3n) is 3.01. The van der Waals surface area contributed by atoms with E-state index in [9.17, 15) is 4.79 Å². The number of rotatable bonds is 4. The van der Waals surface area contributed by atoms with Crippen LogP contribution in [0.5, 0.6) is 0 Å². The average molecular weight is 255 g/mol. The lowest BCUT2D eigenvalue weighted by atomic mass is 10.1. The Morgan fingerprint density at radius 2 is 1.84 bits per heavy atom. The highest BCUT2D eigenvalue weighted by Gasteiger charge is 2.10. The monoisotopic (exact) mass is 255 g/mol. The van der Waals surface area contributed by atoms with Crippen molar-refractivity contribution in [3.8, 4) is 11.4 Å². The van der Waals surface area contributed by atoms with Gasteiger partial charge in [-0.2, -0.15) is 0 Å². The van der Waals surface area contributed by atoms with Crippen molar-refractivity contribution in [2.75, 3.05) is 5.32 Å². The van der Waals surface area contributed by atoms with E-state index in [2.05, 4.69) is 15.3 Å². The minimum absolute atomic E-state index is 0.00133. The standard InChI is InChI=1S/C15H17N3O/c1-3-11(2)15(19)18-13-9-16-14(17-10-13)12-7-5-4-6-8-12/h4-11H,3H2,1-2H3,(H,18,19). The molecule has 0 saturated carbocycles. The fraction of sp³-hybridized carbons (Fsp3) is 0.267. The second kappa shape index (κ2) is 6.09. The summed E-state index contributed by atoms with van der Waals surface area (Å²) in [6, 6.07) is 9.73. The van der Waals surface area contributed by atoms with Crippen molar-refractivity contribution in [3.05, 3.63) is 42.7 Å². The molecule has 0 radical (unpaired) electrons. The summed E-state index contributed by atoms with van der Waals surface area (Å²) in [5.41, 5.74) is 1.59. The van der Waals surface area contributed by atoms with Gasteiger partial charge in [-0.05, 0) is 6.42 Å². The predicted molar refractivity (Wildman–Crippen MR) is 75.6 cm³/mol. The van der Waals surface area contributed by atoms with Gasteiger partial charge in [0, 0.05) is 11.5 Å². The van der Waals surface area contributed by atoms with Gasteiger partial charge in [0.1, 0.15) is 0 Å². The fourth-order valence-electron chi connectivity index (χ4n) is 1.58. The number of carbonyl (C=O) groups excluding carboxylic acids is 1. The van der Waals surface area contributed by atoms with Gasteiger partial charge < -0.3 is 5.32 Å². The number of hydrogen-bond acceptors (Lipinski definition) is 3. The molecule has 1 unspecified atom stereocenters. The molecule has 0 bridgehead atoms. The summed E-state index contributed by atoms with van der Waals surface area (Å²) in [6.07, 6.45) is 4.08. The molecular formula is C15H17N3O. The van der Waals surface area contributed by atoms with Gasteiger partial charge in [-0.25, -0.2) is 9.97 Å². The number of hydrogen-bond donors (Lipinski definition) is 1. The molecule has 1 atom stereocenters. The van der Waals surface area contributed by atoms with Crippen molar-refractivity contribution in [3.63, 3.8) is 0 Å². The Morgan fingerprint density at radius 3 is 2.42 bits per heavy atom. The molecule has 2 aromatic rings. The number of carbonyl (C=O) groups is 1. The molecule has 19 heavy (non-hydrogen) atoms. The van der Waals surface area contributed by atoms with Crippen LogP contribution in [0.4, 0.5) is 5.69 Å². The van der Waals surface area contributed by atoms with E-state index in [4.69, 9.17) is 0 Å². The first-order chi connectivity index (χ1) is 9.20. The first-order valence-electron chi connectivity index (χ1n) is 6.39. The van der Waals surface area contributed by atoms with Crippen LogP contribution in [0.1, 0.15) is 20.3 Å². The Kier molecular flexibility index (Phi) is 4.23. The summed E-state index contributed by atoms with van der Waals surface area (Å²) in [5, 5.41) is 2.81. The minimum atomic E-state index is -0.00574. The van der Waals surface area contributed by atoms with Gasteiger partial charge in [0.15, 0.2) is 5.82 Å². The highest BCUT2D eigenvalue weighted by Crippen LogP contribution is 2.15. The lowest BCUT2D eigenvalue weighted by Crippen LogP contribution is -2.19. The molecule has 0 saturated heterocycles. The second-order valence-corrected chi connectivity index (χ2v) is 4.46. The van der Waals surface area contributed by atoms with Gasteiger partial charge in [-0.15, -0.1) is 0 Å². The van der Waals surface area contributed by atoms with Crippen molar-refractivity contribution >= 4 is 11.6 Å². The smallest absolute Gasteiger partial charge is 0.227 e. The molecule has 1 heterocycles. The molecule has 0 aliphatic carbocycles. The van der Waals surface area contributed by atoms with E-state index >= 15 is 0 Å². The topological polar surface area (TPSA) is 54.9 Å². The number of anilines is 1. The van der Waals surface area contributed by atoms with Crippen molar-refractivity contribution < 1.29 is 4.79 Å². The van der Waals surface area contributed by atoms with E-state index < -0.39 is 0 Å². The van der Waals surface area contributed by atoms with Crippen molar-refractivity contribution in [2.45, 2.75) is 20.3 Å². The highest BCUT2D eigenvalue weighted by atomic mass is 16.1. The zero-order valence-corrected chi connectivity index (χ0v) is 11.1. The average Bonchev–Trinajstić information content (AvgIpc) is 2.48. The fourth-order valence-corrected chi connectivity index (χ4v) is 1.58. The summed E-state index contributed by atoms with van der Waals surface area (Å²) in [7, 11) is 0. The first-order valence-corrected chi connectivity index (χ1v) is 6.39. The molecule has 4 heteroatoms. The lowest BCUT2D eigenvalue weighted by molar-refractivity contribution is -0.119. The summed E-state index contributed by atoms with van der Waals surface area (Å²) in [4.78, 5) is 20.3. The second-order valence-electron chi connectivity index (χ2n) is 4.46. The van der Waals surface area contributed by atoms with E-state index in [-0.39, 0.29) is 11.8 Å². The van der Waals surface area contributed by atoms with Crippen LogP contribution in [0.2, 0.25) is 0 Å². The molecule has 0 fully saturated rings.